The van der Waals surface area contributed by atoms with Gasteiger partial charge in [-0.2, -0.15) is 15.0 Å². The average molecular weight is 296 g/mol. The first kappa shape index (κ1) is 15.7. The van der Waals surface area contributed by atoms with Crippen LogP contribution >= 0.6 is 0 Å². The zero-order chi connectivity index (χ0) is 15.1. The van der Waals surface area contributed by atoms with Gasteiger partial charge in [0.25, 0.3) is 0 Å². The number of hydrogen-bond acceptors (Lipinski definition) is 8. The van der Waals surface area contributed by atoms with E-state index in [0.717, 1.165) is 45.7 Å². The number of ether oxygens (including phenoxy) is 1. The van der Waals surface area contributed by atoms with E-state index < -0.39 is 0 Å². The van der Waals surface area contributed by atoms with Crippen LogP contribution in [0, 0.1) is 0 Å². The molecule has 0 amide bonds. The Morgan fingerprint density at radius 1 is 1.19 bits per heavy atom. The van der Waals surface area contributed by atoms with Gasteiger partial charge in [-0.15, -0.1) is 0 Å². The van der Waals surface area contributed by atoms with Gasteiger partial charge in [0.05, 0.1) is 13.7 Å². The highest BCUT2D eigenvalue weighted by Crippen LogP contribution is 2.16. The van der Waals surface area contributed by atoms with Crippen molar-refractivity contribution in [2.45, 2.75) is 13.3 Å². The van der Waals surface area contributed by atoms with Gasteiger partial charge in [0.15, 0.2) is 0 Å². The van der Waals surface area contributed by atoms with E-state index in [9.17, 15) is 0 Å². The molecule has 8 heteroatoms. The van der Waals surface area contributed by atoms with Crippen molar-refractivity contribution in [1.29, 1.82) is 0 Å². The number of aromatic nitrogens is 3. The van der Waals surface area contributed by atoms with Crippen molar-refractivity contribution in [3.05, 3.63) is 0 Å². The molecule has 1 fully saturated rings. The number of aliphatic hydroxyl groups excluding tert-OH is 1. The fraction of sp³-hybridized carbons (Fsp3) is 0.769. The lowest BCUT2D eigenvalue weighted by atomic mass is 10.4. The molecule has 0 radical (unpaired) electrons. The molecule has 1 saturated heterocycles. The summed E-state index contributed by atoms with van der Waals surface area (Å²) in [5.41, 5.74) is 0. The third-order valence-electron chi connectivity index (χ3n) is 3.41. The Kier molecular flexibility index (Phi) is 5.94. The molecular weight excluding hydrogens is 272 g/mol. The number of anilines is 2. The van der Waals surface area contributed by atoms with Crippen molar-refractivity contribution in [3.8, 4) is 6.01 Å². The molecule has 1 aliphatic rings. The van der Waals surface area contributed by atoms with E-state index in [-0.39, 0.29) is 6.61 Å². The van der Waals surface area contributed by atoms with Gasteiger partial charge in [-0.05, 0) is 19.9 Å². The third-order valence-corrected chi connectivity index (χ3v) is 3.41. The van der Waals surface area contributed by atoms with E-state index >= 15 is 0 Å². The number of hydrogen-bond donors (Lipinski definition) is 2. The standard InChI is InChI=1S/C13H24N6O2/c1-3-14-11-15-12(17-13(16-11)21-2)19-6-4-5-18(7-8-19)9-10-20/h20H,3-10H2,1-2H3,(H,14,15,16,17). The van der Waals surface area contributed by atoms with Gasteiger partial charge in [-0.1, -0.05) is 0 Å². The quantitative estimate of drug-likeness (QED) is 0.747. The summed E-state index contributed by atoms with van der Waals surface area (Å²) >= 11 is 0. The fourth-order valence-corrected chi connectivity index (χ4v) is 2.35. The molecule has 0 aliphatic carbocycles. The van der Waals surface area contributed by atoms with Crippen molar-refractivity contribution < 1.29 is 9.84 Å². The highest BCUT2D eigenvalue weighted by atomic mass is 16.5. The molecule has 0 unspecified atom stereocenters. The lowest BCUT2D eigenvalue weighted by molar-refractivity contribution is 0.204. The number of aliphatic hydroxyl groups is 1. The van der Waals surface area contributed by atoms with Crippen LogP contribution < -0.4 is 15.0 Å². The van der Waals surface area contributed by atoms with Crippen LogP contribution in [0.3, 0.4) is 0 Å². The maximum absolute atomic E-state index is 9.04. The van der Waals surface area contributed by atoms with Gasteiger partial charge in [-0.3, -0.25) is 4.90 Å². The highest BCUT2D eigenvalue weighted by molar-refractivity contribution is 5.38. The molecule has 1 aliphatic heterocycles. The molecule has 1 aromatic rings. The number of nitrogens with one attached hydrogen (secondary N) is 1. The highest BCUT2D eigenvalue weighted by Gasteiger charge is 2.18. The molecule has 118 valence electrons. The monoisotopic (exact) mass is 296 g/mol. The van der Waals surface area contributed by atoms with E-state index in [1.807, 2.05) is 6.92 Å². The molecule has 0 bridgehead atoms. The molecule has 2 rings (SSSR count). The van der Waals surface area contributed by atoms with E-state index in [2.05, 4.69) is 30.1 Å². The third kappa shape index (κ3) is 4.40. The SMILES string of the molecule is CCNc1nc(OC)nc(N2CCCN(CCO)CC2)n1. The molecule has 21 heavy (non-hydrogen) atoms. The maximum Gasteiger partial charge on any atom is 0.322 e. The van der Waals surface area contributed by atoms with E-state index in [1.54, 1.807) is 7.11 Å². The predicted octanol–water partition coefficient (Wildman–Crippen LogP) is -0.184. The molecule has 0 atom stereocenters. The molecule has 1 aromatic heterocycles. The average Bonchev–Trinajstić information content (AvgIpc) is 2.73. The van der Waals surface area contributed by atoms with Crippen molar-refractivity contribution in [2.24, 2.45) is 0 Å². The Morgan fingerprint density at radius 3 is 2.76 bits per heavy atom. The lowest BCUT2D eigenvalue weighted by Crippen LogP contribution is -2.33. The molecular formula is C13H24N6O2. The summed E-state index contributed by atoms with van der Waals surface area (Å²) in [5.74, 6) is 1.18. The number of methoxy groups -OCH3 is 1. The van der Waals surface area contributed by atoms with Crippen LogP contribution in [-0.4, -0.2) is 77.9 Å². The van der Waals surface area contributed by atoms with Crippen LogP contribution in [0.4, 0.5) is 11.9 Å². The molecule has 0 spiro atoms. The minimum Gasteiger partial charge on any atom is -0.467 e. The Morgan fingerprint density at radius 2 is 2.05 bits per heavy atom. The van der Waals surface area contributed by atoms with E-state index in [4.69, 9.17) is 9.84 Å². The van der Waals surface area contributed by atoms with Gasteiger partial charge in [-0.25, -0.2) is 0 Å². The Labute approximate surface area is 125 Å². The van der Waals surface area contributed by atoms with Gasteiger partial charge in [0.1, 0.15) is 0 Å². The topological polar surface area (TPSA) is 86.6 Å². The van der Waals surface area contributed by atoms with Crippen LogP contribution in [0.5, 0.6) is 6.01 Å². The first-order valence-electron chi connectivity index (χ1n) is 7.39. The van der Waals surface area contributed by atoms with Gasteiger partial charge >= 0.3 is 6.01 Å². The minimum absolute atomic E-state index is 0.199. The summed E-state index contributed by atoms with van der Waals surface area (Å²) in [6, 6.07) is 0.326. The summed E-state index contributed by atoms with van der Waals surface area (Å²) in [5, 5.41) is 12.1. The van der Waals surface area contributed by atoms with Crippen molar-refractivity contribution >= 4 is 11.9 Å². The lowest BCUT2D eigenvalue weighted by Gasteiger charge is -2.21. The molecule has 2 heterocycles. The maximum atomic E-state index is 9.04. The normalized spacial score (nSPS) is 16.6. The summed E-state index contributed by atoms with van der Waals surface area (Å²) in [4.78, 5) is 17.4. The fourth-order valence-electron chi connectivity index (χ4n) is 2.35. The number of rotatable bonds is 6. The van der Waals surface area contributed by atoms with Gasteiger partial charge in [0, 0.05) is 32.7 Å². The van der Waals surface area contributed by atoms with Crippen LogP contribution in [0.15, 0.2) is 0 Å². The van der Waals surface area contributed by atoms with Crippen LogP contribution in [0.25, 0.3) is 0 Å². The van der Waals surface area contributed by atoms with Crippen molar-refractivity contribution in [3.63, 3.8) is 0 Å². The molecule has 0 aromatic carbocycles. The van der Waals surface area contributed by atoms with Crippen LogP contribution in [-0.2, 0) is 0 Å². The summed E-state index contributed by atoms with van der Waals surface area (Å²) in [6.45, 7) is 7.26. The predicted molar refractivity (Wildman–Crippen MR) is 80.9 cm³/mol. The second-order valence-electron chi connectivity index (χ2n) is 4.88. The molecule has 8 nitrogen and oxygen atoms in total. The second-order valence-corrected chi connectivity index (χ2v) is 4.88. The minimum atomic E-state index is 0.199. The zero-order valence-electron chi connectivity index (χ0n) is 12.7. The van der Waals surface area contributed by atoms with Crippen molar-refractivity contribution in [2.75, 3.05) is 63.2 Å². The summed E-state index contributed by atoms with van der Waals surface area (Å²) < 4.78 is 5.15. The van der Waals surface area contributed by atoms with E-state index in [0.29, 0.717) is 17.9 Å². The first-order chi connectivity index (χ1) is 10.3. The number of nitrogens with zero attached hydrogens (tertiary/aromatic N) is 5. The molecule has 2 N–H and O–H groups in total. The second kappa shape index (κ2) is 7.94. The van der Waals surface area contributed by atoms with Gasteiger partial charge in [0.2, 0.25) is 11.9 Å². The largest absolute Gasteiger partial charge is 0.467 e. The Balaban J connectivity index is 2.11. The first-order valence-corrected chi connectivity index (χ1v) is 7.39. The van der Waals surface area contributed by atoms with Crippen LogP contribution in [0.1, 0.15) is 13.3 Å². The van der Waals surface area contributed by atoms with Crippen molar-refractivity contribution in [1.82, 2.24) is 19.9 Å². The smallest absolute Gasteiger partial charge is 0.322 e. The molecule has 0 saturated carbocycles. The van der Waals surface area contributed by atoms with Crippen LogP contribution in [0.2, 0.25) is 0 Å². The number of β-amino-alcohol motifs (C(OH)–C–C–N with tert-alkyl or cyclic N) is 1. The Hall–Kier alpha value is -1.67. The zero-order valence-corrected chi connectivity index (χ0v) is 12.7. The Bertz CT molecular complexity index is 445. The van der Waals surface area contributed by atoms with E-state index in [1.165, 1.54) is 0 Å². The van der Waals surface area contributed by atoms with Gasteiger partial charge < -0.3 is 20.1 Å². The summed E-state index contributed by atoms with van der Waals surface area (Å²) in [6.07, 6.45) is 1.02. The summed E-state index contributed by atoms with van der Waals surface area (Å²) in [7, 11) is 1.56.